The summed E-state index contributed by atoms with van der Waals surface area (Å²) in [5.74, 6) is 0.561. The Labute approximate surface area is 229 Å². The van der Waals surface area contributed by atoms with Gasteiger partial charge in [0, 0.05) is 31.9 Å². The van der Waals surface area contributed by atoms with Crippen LogP contribution in [-0.4, -0.2) is 90.8 Å². The Balaban J connectivity index is 1.16. The molecule has 2 aliphatic rings. The third-order valence-corrected chi connectivity index (χ3v) is 7.02. The lowest BCUT2D eigenvalue weighted by Gasteiger charge is -2.32. The topological polar surface area (TPSA) is 115 Å². The lowest BCUT2D eigenvalue weighted by molar-refractivity contribution is -0.156. The van der Waals surface area contributed by atoms with E-state index in [1.54, 1.807) is 4.90 Å². The van der Waals surface area contributed by atoms with E-state index in [9.17, 15) is 14.4 Å². The number of ether oxygens (including phenoxy) is 3. The number of hydrogen-bond acceptors (Lipinski definition) is 8. The predicted molar refractivity (Wildman–Crippen MR) is 147 cm³/mol. The monoisotopic (exact) mass is 543 g/mol. The number of aromatic nitrogens is 2. The first-order valence-electron chi connectivity index (χ1n) is 13.8. The minimum absolute atomic E-state index is 0.248. The Morgan fingerprint density at radius 3 is 2.46 bits per heavy atom. The highest BCUT2D eigenvalue weighted by Gasteiger charge is 2.28. The number of likely N-dealkylation sites (tertiary alicyclic amines) is 1. The number of hydrogen-bond donors (Lipinski definition) is 1. The number of urea groups is 1. The van der Waals surface area contributed by atoms with E-state index in [0.717, 1.165) is 43.4 Å². The van der Waals surface area contributed by atoms with Gasteiger partial charge in [-0.05, 0) is 70.3 Å². The molecule has 2 saturated heterocycles. The van der Waals surface area contributed by atoms with Crippen molar-refractivity contribution in [3.8, 4) is 0 Å². The highest BCUT2D eigenvalue weighted by Crippen LogP contribution is 2.33. The van der Waals surface area contributed by atoms with Crippen molar-refractivity contribution in [2.24, 2.45) is 7.05 Å². The van der Waals surface area contributed by atoms with E-state index in [0.29, 0.717) is 44.7 Å². The number of rotatable bonds is 11. The molecule has 4 rings (SSSR count). The number of anilines is 1. The van der Waals surface area contributed by atoms with Gasteiger partial charge >= 0.3 is 12.0 Å². The maximum absolute atomic E-state index is 12.3. The molecule has 3 amide bonds. The highest BCUT2D eigenvalue weighted by molar-refractivity contribution is 6.08. The van der Waals surface area contributed by atoms with Crippen LogP contribution in [0.25, 0.3) is 10.9 Å². The molecule has 1 aromatic carbocycles. The van der Waals surface area contributed by atoms with Gasteiger partial charge in [0.05, 0.1) is 38.4 Å². The van der Waals surface area contributed by atoms with Gasteiger partial charge in [-0.2, -0.15) is 5.10 Å². The van der Waals surface area contributed by atoms with Gasteiger partial charge in [0.15, 0.2) is 5.82 Å². The molecule has 0 atom stereocenters. The van der Waals surface area contributed by atoms with Crippen molar-refractivity contribution in [3.05, 3.63) is 23.8 Å². The second-order valence-electron chi connectivity index (χ2n) is 11.2. The third-order valence-electron chi connectivity index (χ3n) is 7.02. The van der Waals surface area contributed by atoms with E-state index in [1.807, 2.05) is 38.6 Å². The fraction of sp³-hybridized carbons (Fsp3) is 0.643. The van der Waals surface area contributed by atoms with Gasteiger partial charge in [0.1, 0.15) is 5.60 Å². The zero-order valence-electron chi connectivity index (χ0n) is 23.5. The summed E-state index contributed by atoms with van der Waals surface area (Å²) >= 11 is 0. The molecule has 2 aromatic rings. The Morgan fingerprint density at radius 1 is 1.05 bits per heavy atom. The van der Waals surface area contributed by atoms with Crippen LogP contribution in [0.4, 0.5) is 10.6 Å². The van der Waals surface area contributed by atoms with Crippen LogP contribution in [0.15, 0.2) is 18.2 Å². The Kier molecular flexibility index (Phi) is 9.58. The molecular formula is C28H41N5O6. The van der Waals surface area contributed by atoms with Crippen molar-refractivity contribution < 1.29 is 28.6 Å². The summed E-state index contributed by atoms with van der Waals surface area (Å²) in [5.41, 5.74) is 1.80. The molecule has 2 fully saturated rings. The lowest BCUT2D eigenvalue weighted by Crippen LogP contribution is -2.49. The lowest BCUT2D eigenvalue weighted by atomic mass is 9.89. The van der Waals surface area contributed by atoms with Crippen LogP contribution in [0.1, 0.15) is 57.9 Å². The molecule has 0 spiro atoms. The van der Waals surface area contributed by atoms with Gasteiger partial charge < -0.3 is 19.1 Å². The number of carbonyl (C=O) groups excluding carboxylic acids is 3. The standard InChI is InChI=1S/C28H41N5O6/c1-28(2,3)39-25(35)10-15-37-17-18-38-16-14-32-11-7-20(8-12-32)21-5-6-22-23(19-21)31(4)30-26(22)33-13-9-24(34)29-27(33)36/h5-6,19-20H,7-18H2,1-4H3,(H,29,34,36). The second-order valence-corrected chi connectivity index (χ2v) is 11.2. The molecule has 2 aliphatic heterocycles. The summed E-state index contributed by atoms with van der Waals surface area (Å²) in [4.78, 5) is 39.5. The number of aryl methyl sites for hydroxylation is 1. The van der Waals surface area contributed by atoms with Crippen molar-refractivity contribution in [3.63, 3.8) is 0 Å². The minimum atomic E-state index is -0.469. The molecule has 3 heterocycles. The number of amides is 3. The van der Waals surface area contributed by atoms with Gasteiger partial charge in [-0.15, -0.1) is 0 Å². The van der Waals surface area contributed by atoms with Crippen LogP contribution in [0.2, 0.25) is 0 Å². The smallest absolute Gasteiger partial charge is 0.329 e. The number of fused-ring (bicyclic) bond motifs is 1. The van der Waals surface area contributed by atoms with E-state index < -0.39 is 11.6 Å². The van der Waals surface area contributed by atoms with Gasteiger partial charge in [0.25, 0.3) is 0 Å². The van der Waals surface area contributed by atoms with Crippen LogP contribution >= 0.6 is 0 Å². The molecule has 39 heavy (non-hydrogen) atoms. The normalized spacial score (nSPS) is 17.6. The first-order chi connectivity index (χ1) is 18.6. The quantitative estimate of drug-likeness (QED) is 0.340. The third kappa shape index (κ3) is 8.00. The zero-order valence-corrected chi connectivity index (χ0v) is 23.5. The van der Waals surface area contributed by atoms with Crippen LogP contribution < -0.4 is 10.2 Å². The van der Waals surface area contributed by atoms with E-state index >= 15 is 0 Å². The fourth-order valence-corrected chi connectivity index (χ4v) is 5.03. The number of benzene rings is 1. The average molecular weight is 544 g/mol. The molecule has 0 aliphatic carbocycles. The SMILES string of the molecule is Cn1nc(N2CCC(=O)NC2=O)c2ccc(C3CCN(CCOCCOCCC(=O)OC(C)(C)C)CC3)cc21. The predicted octanol–water partition coefficient (Wildman–Crippen LogP) is 2.96. The molecular weight excluding hydrogens is 502 g/mol. The number of piperidine rings is 1. The summed E-state index contributed by atoms with van der Waals surface area (Å²) in [7, 11) is 1.89. The first kappa shape index (κ1) is 29.0. The number of nitrogens with one attached hydrogen (secondary N) is 1. The number of esters is 1. The Hall–Kier alpha value is -3.02. The van der Waals surface area contributed by atoms with E-state index in [2.05, 4.69) is 27.4 Å². The molecule has 0 bridgehead atoms. The van der Waals surface area contributed by atoms with Crippen LogP contribution in [0.3, 0.4) is 0 Å². The van der Waals surface area contributed by atoms with Crippen molar-refractivity contribution in [2.75, 3.05) is 57.5 Å². The summed E-state index contributed by atoms with van der Waals surface area (Å²) in [6.45, 7) is 10.8. The number of carbonyl (C=O) groups is 3. The fourth-order valence-electron chi connectivity index (χ4n) is 5.03. The van der Waals surface area contributed by atoms with Crippen LogP contribution in [0.5, 0.6) is 0 Å². The zero-order chi connectivity index (χ0) is 28.0. The number of imide groups is 1. The van der Waals surface area contributed by atoms with Crippen molar-refractivity contribution in [1.82, 2.24) is 20.0 Å². The molecule has 0 unspecified atom stereocenters. The summed E-state index contributed by atoms with van der Waals surface area (Å²) in [6, 6.07) is 5.96. The summed E-state index contributed by atoms with van der Waals surface area (Å²) < 4.78 is 18.3. The van der Waals surface area contributed by atoms with E-state index in [4.69, 9.17) is 14.2 Å². The van der Waals surface area contributed by atoms with Crippen molar-refractivity contribution >= 4 is 34.6 Å². The van der Waals surface area contributed by atoms with Gasteiger partial charge in [-0.3, -0.25) is 24.5 Å². The number of nitrogens with zero attached hydrogens (tertiary/aromatic N) is 4. The van der Waals surface area contributed by atoms with E-state index in [-0.39, 0.29) is 24.7 Å². The average Bonchev–Trinajstić information content (AvgIpc) is 3.20. The maximum Gasteiger partial charge on any atom is 0.329 e. The summed E-state index contributed by atoms with van der Waals surface area (Å²) in [6.07, 6.45) is 2.66. The minimum Gasteiger partial charge on any atom is -0.460 e. The first-order valence-corrected chi connectivity index (χ1v) is 13.8. The molecule has 214 valence electrons. The van der Waals surface area contributed by atoms with Crippen molar-refractivity contribution in [1.29, 1.82) is 0 Å². The maximum atomic E-state index is 12.3. The molecule has 1 N–H and O–H groups in total. The highest BCUT2D eigenvalue weighted by atomic mass is 16.6. The Bertz CT molecular complexity index is 1170. The molecule has 11 nitrogen and oxygen atoms in total. The molecule has 11 heteroatoms. The molecule has 1 aromatic heterocycles. The van der Waals surface area contributed by atoms with Gasteiger partial charge in [-0.25, -0.2) is 4.79 Å². The second kappa shape index (κ2) is 12.9. The van der Waals surface area contributed by atoms with Gasteiger partial charge in [0.2, 0.25) is 5.91 Å². The van der Waals surface area contributed by atoms with Gasteiger partial charge in [-0.1, -0.05) is 6.07 Å². The van der Waals surface area contributed by atoms with Crippen LogP contribution in [-0.2, 0) is 30.8 Å². The largest absolute Gasteiger partial charge is 0.460 e. The Morgan fingerprint density at radius 2 is 1.77 bits per heavy atom. The molecule has 0 saturated carbocycles. The molecule has 0 radical (unpaired) electrons. The van der Waals surface area contributed by atoms with Crippen LogP contribution in [0, 0.1) is 0 Å². The van der Waals surface area contributed by atoms with Crippen molar-refractivity contribution in [2.45, 2.75) is 58.0 Å². The summed E-state index contributed by atoms with van der Waals surface area (Å²) in [5, 5.41) is 7.87. The van der Waals surface area contributed by atoms with E-state index in [1.165, 1.54) is 5.56 Å².